The first-order valence-corrected chi connectivity index (χ1v) is 19.1. The summed E-state index contributed by atoms with van der Waals surface area (Å²) in [6, 6.07) is 67.3. The Bertz CT molecular complexity index is 3210. The maximum Gasteiger partial charge on any atom is 0.235 e. The topological polar surface area (TPSA) is 30.7 Å². The van der Waals surface area contributed by atoms with Crippen molar-refractivity contribution in [2.45, 2.75) is 0 Å². The lowest BCUT2D eigenvalue weighted by molar-refractivity contribution is 1.01. The third kappa shape index (κ3) is 4.88. The Labute approximate surface area is 316 Å². The highest BCUT2D eigenvalue weighted by molar-refractivity contribution is 7.26. The van der Waals surface area contributed by atoms with Gasteiger partial charge in [-0.1, -0.05) is 152 Å². The summed E-state index contributed by atoms with van der Waals surface area (Å²) in [7, 11) is 0. The second kappa shape index (κ2) is 12.4. The molecule has 3 heterocycles. The fourth-order valence-electron chi connectivity index (χ4n) is 8.15. The predicted octanol–water partition coefficient (Wildman–Crippen LogP) is 13.8. The molecule has 8 aromatic carbocycles. The number of rotatable bonds is 5. The lowest BCUT2D eigenvalue weighted by Gasteiger charge is -2.15. The Morgan fingerprint density at radius 1 is 0.389 bits per heavy atom. The molecule has 0 aliphatic carbocycles. The molecule has 11 rings (SSSR count). The van der Waals surface area contributed by atoms with Gasteiger partial charge in [0.1, 0.15) is 0 Å². The van der Waals surface area contributed by atoms with Crippen molar-refractivity contribution in [1.29, 1.82) is 0 Å². The van der Waals surface area contributed by atoms with Crippen molar-refractivity contribution in [3.05, 3.63) is 188 Å². The van der Waals surface area contributed by atoms with Crippen LogP contribution in [-0.4, -0.2) is 14.5 Å². The zero-order valence-electron chi connectivity index (χ0n) is 29.1. The Morgan fingerprint density at radius 2 is 0.981 bits per heavy atom. The summed E-state index contributed by atoms with van der Waals surface area (Å²) in [5.41, 5.74) is 12.1. The standard InChI is InChI=1S/C50H31N3S/c1-3-15-32(16-4-1)34-29-35(31-36(30-34)38-23-14-25-42-40-20-9-12-28-46(40)54-49(38)42)37-22-13-24-41-39-19-8-11-27-45(39)53(48(37)41)50-51-44-26-10-7-21-43(44)47(52-50)33-17-5-2-6-18-33/h1-31H. The minimum absolute atomic E-state index is 0.653. The van der Waals surface area contributed by atoms with E-state index < -0.39 is 0 Å². The van der Waals surface area contributed by atoms with E-state index in [1.54, 1.807) is 0 Å². The smallest absolute Gasteiger partial charge is 0.235 e. The molecule has 0 unspecified atom stereocenters. The van der Waals surface area contributed by atoms with E-state index in [2.05, 4.69) is 187 Å². The molecule has 3 aromatic heterocycles. The summed E-state index contributed by atoms with van der Waals surface area (Å²) >= 11 is 1.87. The number of hydrogen-bond donors (Lipinski definition) is 0. The fourth-order valence-corrected chi connectivity index (χ4v) is 9.39. The zero-order chi connectivity index (χ0) is 35.6. The van der Waals surface area contributed by atoms with Gasteiger partial charge in [0, 0.05) is 47.5 Å². The van der Waals surface area contributed by atoms with Crippen molar-refractivity contribution < 1.29 is 0 Å². The van der Waals surface area contributed by atoms with Crippen LogP contribution in [-0.2, 0) is 0 Å². The van der Waals surface area contributed by atoms with E-state index in [4.69, 9.17) is 9.97 Å². The van der Waals surface area contributed by atoms with Crippen LogP contribution in [0.25, 0.3) is 103 Å². The lowest BCUT2D eigenvalue weighted by Crippen LogP contribution is -2.04. The first kappa shape index (κ1) is 30.7. The number of benzene rings is 8. The molecule has 0 fully saturated rings. The van der Waals surface area contributed by atoms with Crippen molar-refractivity contribution in [2.75, 3.05) is 0 Å². The maximum atomic E-state index is 5.39. The second-order valence-electron chi connectivity index (χ2n) is 13.8. The molecule has 0 aliphatic heterocycles. The van der Waals surface area contributed by atoms with Crippen molar-refractivity contribution in [2.24, 2.45) is 0 Å². The monoisotopic (exact) mass is 705 g/mol. The fraction of sp³-hybridized carbons (Fsp3) is 0. The Hall–Kier alpha value is -6.88. The van der Waals surface area contributed by atoms with Gasteiger partial charge in [0.15, 0.2) is 0 Å². The van der Waals surface area contributed by atoms with Crippen LogP contribution in [0.2, 0.25) is 0 Å². The normalized spacial score (nSPS) is 11.7. The highest BCUT2D eigenvalue weighted by Gasteiger charge is 2.21. The molecule has 0 bridgehead atoms. The number of thiophene rings is 1. The molecule has 54 heavy (non-hydrogen) atoms. The van der Waals surface area contributed by atoms with E-state index in [1.807, 2.05) is 17.4 Å². The third-order valence-corrected chi connectivity index (χ3v) is 11.8. The Kier molecular flexibility index (Phi) is 7.04. The molecule has 0 atom stereocenters. The second-order valence-corrected chi connectivity index (χ2v) is 14.8. The summed E-state index contributed by atoms with van der Waals surface area (Å²) in [4.78, 5) is 10.7. The number of nitrogens with zero attached hydrogens (tertiary/aromatic N) is 3. The summed E-state index contributed by atoms with van der Waals surface area (Å²) < 4.78 is 4.89. The van der Waals surface area contributed by atoms with Crippen molar-refractivity contribution >= 4 is 64.2 Å². The summed E-state index contributed by atoms with van der Waals surface area (Å²) in [5.74, 6) is 0.653. The van der Waals surface area contributed by atoms with E-state index in [0.29, 0.717) is 5.95 Å². The van der Waals surface area contributed by atoms with Crippen molar-refractivity contribution in [1.82, 2.24) is 14.5 Å². The third-order valence-electron chi connectivity index (χ3n) is 10.6. The van der Waals surface area contributed by atoms with E-state index in [9.17, 15) is 0 Å². The van der Waals surface area contributed by atoms with Crippen LogP contribution in [0.15, 0.2) is 188 Å². The molecular weight excluding hydrogens is 675 g/mol. The van der Waals surface area contributed by atoms with Crippen LogP contribution in [0, 0.1) is 0 Å². The van der Waals surface area contributed by atoms with Gasteiger partial charge >= 0.3 is 0 Å². The van der Waals surface area contributed by atoms with Gasteiger partial charge in [0.2, 0.25) is 5.95 Å². The van der Waals surface area contributed by atoms with Crippen molar-refractivity contribution in [3.8, 4) is 50.6 Å². The van der Waals surface area contributed by atoms with Gasteiger partial charge < -0.3 is 0 Å². The number of fused-ring (bicyclic) bond motifs is 7. The molecule has 3 nitrogen and oxygen atoms in total. The Morgan fingerprint density at radius 3 is 1.80 bits per heavy atom. The first-order valence-electron chi connectivity index (χ1n) is 18.2. The van der Waals surface area contributed by atoms with Gasteiger partial charge in [-0.25, -0.2) is 9.97 Å². The average molecular weight is 706 g/mol. The number of para-hydroxylation sites is 3. The van der Waals surface area contributed by atoms with Crippen LogP contribution in [0.5, 0.6) is 0 Å². The average Bonchev–Trinajstić information content (AvgIpc) is 3.80. The highest BCUT2D eigenvalue weighted by atomic mass is 32.1. The van der Waals surface area contributed by atoms with Gasteiger partial charge in [-0.15, -0.1) is 11.3 Å². The molecule has 4 heteroatoms. The molecule has 0 radical (unpaired) electrons. The highest BCUT2D eigenvalue weighted by Crippen LogP contribution is 2.44. The number of aromatic nitrogens is 3. The van der Waals surface area contributed by atoms with Crippen LogP contribution in [0.1, 0.15) is 0 Å². The summed E-state index contributed by atoms with van der Waals surface area (Å²) in [6.07, 6.45) is 0. The van der Waals surface area contributed by atoms with Gasteiger partial charge in [0.05, 0.1) is 22.2 Å². The molecule has 0 saturated carbocycles. The van der Waals surface area contributed by atoms with Crippen LogP contribution < -0.4 is 0 Å². The molecule has 0 saturated heterocycles. The quantitative estimate of drug-likeness (QED) is 0.178. The van der Waals surface area contributed by atoms with E-state index >= 15 is 0 Å². The first-order chi connectivity index (χ1) is 26.8. The van der Waals surface area contributed by atoms with Crippen LogP contribution >= 0.6 is 11.3 Å². The molecule has 0 spiro atoms. The van der Waals surface area contributed by atoms with Crippen molar-refractivity contribution in [3.63, 3.8) is 0 Å². The lowest BCUT2D eigenvalue weighted by atomic mass is 9.92. The molecule has 0 amide bonds. The minimum atomic E-state index is 0.653. The number of hydrogen-bond acceptors (Lipinski definition) is 3. The molecule has 252 valence electrons. The summed E-state index contributed by atoms with van der Waals surface area (Å²) in [5, 5.41) is 5.97. The van der Waals surface area contributed by atoms with Crippen LogP contribution in [0.4, 0.5) is 0 Å². The molecular formula is C50H31N3S. The minimum Gasteiger partial charge on any atom is -0.277 e. The molecule has 0 N–H and O–H groups in total. The molecule has 0 aliphatic rings. The van der Waals surface area contributed by atoms with E-state index in [1.165, 1.54) is 53.2 Å². The zero-order valence-corrected chi connectivity index (χ0v) is 30.0. The van der Waals surface area contributed by atoms with Gasteiger partial charge in [0.25, 0.3) is 0 Å². The predicted molar refractivity (Wildman–Crippen MR) is 229 cm³/mol. The maximum absolute atomic E-state index is 5.39. The van der Waals surface area contributed by atoms with E-state index in [-0.39, 0.29) is 0 Å². The largest absolute Gasteiger partial charge is 0.277 e. The molecule has 11 aromatic rings. The van der Waals surface area contributed by atoms with Gasteiger partial charge in [-0.2, -0.15) is 0 Å². The SMILES string of the molecule is c1ccc(-c2cc(-c3cccc4c3sc3ccccc34)cc(-c3cccc4c5ccccc5n(-c5nc(-c6ccccc6)c6ccccc6n5)c34)c2)cc1. The van der Waals surface area contributed by atoms with Gasteiger partial charge in [-0.3, -0.25) is 4.57 Å². The van der Waals surface area contributed by atoms with E-state index in [0.717, 1.165) is 44.3 Å². The summed E-state index contributed by atoms with van der Waals surface area (Å²) in [6.45, 7) is 0. The van der Waals surface area contributed by atoms with Gasteiger partial charge in [-0.05, 0) is 64.2 Å². The van der Waals surface area contributed by atoms with Crippen LogP contribution in [0.3, 0.4) is 0 Å². The Balaban J connectivity index is 1.22.